The second-order valence-corrected chi connectivity index (χ2v) is 11.6. The third kappa shape index (κ3) is 6.03. The molecule has 0 bridgehead atoms. The molecule has 0 amide bonds. The maximum Gasteiger partial charge on any atom is 0.174 e. The van der Waals surface area contributed by atoms with Gasteiger partial charge in [-0.1, -0.05) is 31.7 Å². The number of benzene rings is 3. The highest BCUT2D eigenvalue weighted by Gasteiger charge is 2.33. The first-order chi connectivity index (χ1) is 20.2. The first-order valence-corrected chi connectivity index (χ1v) is 14.8. The minimum absolute atomic E-state index is 0.165. The van der Waals surface area contributed by atoms with Gasteiger partial charge in [0, 0.05) is 41.0 Å². The van der Waals surface area contributed by atoms with E-state index in [4.69, 9.17) is 19.2 Å². The van der Waals surface area contributed by atoms with Crippen molar-refractivity contribution in [3.8, 4) is 28.6 Å². The Bertz CT molecular complexity index is 1670. The Hall–Kier alpha value is -3.83. The van der Waals surface area contributed by atoms with Gasteiger partial charge in [-0.05, 0) is 70.0 Å². The second-order valence-electron chi connectivity index (χ2n) is 9.82. The van der Waals surface area contributed by atoms with Crippen molar-refractivity contribution in [2.45, 2.75) is 24.4 Å². The lowest BCUT2D eigenvalue weighted by molar-refractivity contribution is 0.324. The molecule has 2 heterocycles. The van der Waals surface area contributed by atoms with E-state index in [2.05, 4.69) is 34.8 Å². The van der Waals surface area contributed by atoms with Crippen LogP contribution in [0.25, 0.3) is 11.4 Å². The van der Waals surface area contributed by atoms with Crippen LogP contribution in [0.4, 0.5) is 8.78 Å². The van der Waals surface area contributed by atoms with E-state index in [-0.39, 0.29) is 18.2 Å². The number of aromatic nitrogens is 4. The van der Waals surface area contributed by atoms with Crippen LogP contribution in [0, 0.1) is 11.6 Å². The van der Waals surface area contributed by atoms with E-state index in [0.29, 0.717) is 32.7 Å². The monoisotopic (exact) mass is 654 g/mol. The van der Waals surface area contributed by atoms with E-state index < -0.39 is 11.2 Å². The molecule has 0 saturated carbocycles. The second kappa shape index (κ2) is 12.6. The van der Waals surface area contributed by atoms with Crippen LogP contribution >= 0.6 is 27.7 Å². The van der Waals surface area contributed by atoms with E-state index in [9.17, 15) is 8.78 Å². The summed E-state index contributed by atoms with van der Waals surface area (Å²) in [5.74, 6) is 1.11. The van der Waals surface area contributed by atoms with Gasteiger partial charge in [0.05, 0.1) is 32.8 Å². The summed E-state index contributed by atoms with van der Waals surface area (Å²) < 4.78 is 49.7. The maximum absolute atomic E-state index is 14.7. The smallest absolute Gasteiger partial charge is 0.174 e. The van der Waals surface area contributed by atoms with Crippen molar-refractivity contribution in [2.24, 2.45) is 0 Å². The lowest BCUT2D eigenvalue weighted by atomic mass is 9.81. The van der Waals surface area contributed by atoms with Gasteiger partial charge in [0.2, 0.25) is 0 Å². The predicted octanol–water partition coefficient (Wildman–Crippen LogP) is 7.61. The molecule has 0 N–H and O–H groups in total. The van der Waals surface area contributed by atoms with Gasteiger partial charge in [-0.25, -0.2) is 18.7 Å². The Morgan fingerprint density at radius 1 is 0.905 bits per heavy atom. The van der Waals surface area contributed by atoms with Crippen LogP contribution < -0.4 is 14.2 Å². The molecular formula is C31H29BrF2N4O3S. The number of nitrogens with zero attached hydrogens (tertiary/aromatic N) is 4. The molecule has 0 radical (unpaired) electrons. The van der Waals surface area contributed by atoms with Crippen LogP contribution in [-0.2, 0) is 5.41 Å². The molecule has 0 saturated heterocycles. The molecule has 5 rings (SSSR count). The number of rotatable bonds is 11. The molecule has 2 aromatic heterocycles. The fraction of sp³-hybridized carbons (Fsp3) is 0.226. The summed E-state index contributed by atoms with van der Waals surface area (Å²) in [5, 5.41) is 0.677. The van der Waals surface area contributed by atoms with Crippen molar-refractivity contribution in [3.63, 3.8) is 0 Å². The minimum Gasteiger partial charge on any atom is -0.493 e. The lowest BCUT2D eigenvalue weighted by Gasteiger charge is -2.28. The molecule has 0 spiro atoms. The van der Waals surface area contributed by atoms with E-state index in [1.807, 2.05) is 22.8 Å². The first kappa shape index (κ1) is 29.7. The van der Waals surface area contributed by atoms with E-state index in [1.54, 1.807) is 61.8 Å². The maximum atomic E-state index is 14.7. The van der Waals surface area contributed by atoms with Gasteiger partial charge in [0.1, 0.15) is 10.4 Å². The van der Waals surface area contributed by atoms with Crippen molar-refractivity contribution in [1.29, 1.82) is 0 Å². The molecule has 5 aromatic rings. The van der Waals surface area contributed by atoms with Gasteiger partial charge in [-0.15, -0.1) is 0 Å². The fourth-order valence-corrected chi connectivity index (χ4v) is 6.45. The van der Waals surface area contributed by atoms with Gasteiger partial charge in [0.25, 0.3) is 0 Å². The Labute approximate surface area is 255 Å². The molecule has 3 aromatic carbocycles. The molecule has 218 valence electrons. The summed E-state index contributed by atoms with van der Waals surface area (Å²) in [6.07, 6.45) is 4.98. The van der Waals surface area contributed by atoms with Crippen LogP contribution in [0.2, 0.25) is 0 Å². The number of hydrogen-bond acceptors (Lipinski definition) is 6. The molecule has 0 aliphatic carbocycles. The first-order valence-electron chi connectivity index (χ1n) is 13.0. The molecule has 7 nitrogen and oxygen atoms in total. The molecule has 0 aliphatic rings. The molecular weight excluding hydrogens is 626 g/mol. The summed E-state index contributed by atoms with van der Waals surface area (Å²) >= 11 is 5.15. The number of imidazole rings is 2. The summed E-state index contributed by atoms with van der Waals surface area (Å²) in [6, 6.07) is 16.9. The highest BCUT2D eigenvalue weighted by atomic mass is 79.9. The Morgan fingerprint density at radius 3 is 2.29 bits per heavy atom. The normalized spacial score (nSPS) is 11.5. The SMILES string of the molecule is COc1ccc(C(C)(C)c2c(Br)nc(SCCOc3ccc(-n4ccnc4)cc3F)n2-c2ccc(F)cc2)cc1OC. The predicted molar refractivity (Wildman–Crippen MR) is 163 cm³/mol. The summed E-state index contributed by atoms with van der Waals surface area (Å²) in [4.78, 5) is 8.83. The van der Waals surface area contributed by atoms with Crippen molar-refractivity contribution in [3.05, 3.63) is 107 Å². The van der Waals surface area contributed by atoms with E-state index in [1.165, 1.54) is 30.0 Å². The lowest BCUT2D eigenvalue weighted by Crippen LogP contribution is -2.24. The van der Waals surface area contributed by atoms with Crippen molar-refractivity contribution >= 4 is 27.7 Å². The van der Waals surface area contributed by atoms with Crippen LogP contribution in [0.5, 0.6) is 17.2 Å². The highest BCUT2D eigenvalue weighted by Crippen LogP contribution is 2.42. The van der Waals surface area contributed by atoms with Crippen molar-refractivity contribution in [2.75, 3.05) is 26.6 Å². The summed E-state index contributed by atoms with van der Waals surface area (Å²) in [5.41, 5.74) is 2.68. The number of hydrogen-bond donors (Lipinski definition) is 0. The largest absolute Gasteiger partial charge is 0.493 e. The molecule has 0 aliphatic heterocycles. The number of halogens is 3. The fourth-order valence-electron chi connectivity index (χ4n) is 4.66. The quantitative estimate of drug-likeness (QED) is 0.108. The van der Waals surface area contributed by atoms with Gasteiger partial charge < -0.3 is 18.8 Å². The zero-order chi connectivity index (χ0) is 29.9. The topological polar surface area (TPSA) is 63.3 Å². The van der Waals surface area contributed by atoms with Gasteiger partial charge in [-0.3, -0.25) is 4.57 Å². The molecule has 42 heavy (non-hydrogen) atoms. The molecule has 11 heteroatoms. The summed E-state index contributed by atoms with van der Waals surface area (Å²) in [6.45, 7) is 4.42. The molecule has 0 unspecified atom stereocenters. The van der Waals surface area contributed by atoms with Gasteiger partial charge in [0.15, 0.2) is 28.2 Å². The van der Waals surface area contributed by atoms with Crippen LogP contribution in [0.3, 0.4) is 0 Å². The number of thioether (sulfide) groups is 1. The number of ether oxygens (including phenoxy) is 3. The third-order valence-electron chi connectivity index (χ3n) is 6.88. The highest BCUT2D eigenvalue weighted by molar-refractivity contribution is 9.10. The van der Waals surface area contributed by atoms with Gasteiger partial charge in [-0.2, -0.15) is 0 Å². The van der Waals surface area contributed by atoms with Crippen LogP contribution in [0.15, 0.2) is 89.1 Å². The standard InChI is InChI=1S/C31H29BrF2N4O3S/c1-31(2,20-5-11-26(39-3)27(17-20)40-4)28-29(32)36-30(38(28)22-8-6-21(33)7-9-22)42-16-15-41-25-12-10-23(18-24(25)34)37-14-13-35-19-37/h5-14,17-19H,15-16H2,1-4H3. The minimum atomic E-state index is -0.560. The molecule has 0 atom stereocenters. The summed E-state index contributed by atoms with van der Waals surface area (Å²) in [7, 11) is 3.20. The average molecular weight is 656 g/mol. The van der Waals surface area contributed by atoms with Crippen LogP contribution in [-0.4, -0.2) is 45.7 Å². The zero-order valence-electron chi connectivity index (χ0n) is 23.5. The average Bonchev–Trinajstić information content (AvgIpc) is 3.64. The third-order valence-corrected chi connectivity index (χ3v) is 8.33. The zero-order valence-corrected chi connectivity index (χ0v) is 25.9. The van der Waals surface area contributed by atoms with Crippen molar-refractivity contribution < 1.29 is 23.0 Å². The van der Waals surface area contributed by atoms with E-state index >= 15 is 0 Å². The Morgan fingerprint density at radius 2 is 1.62 bits per heavy atom. The Kier molecular flexibility index (Phi) is 8.88. The Balaban J connectivity index is 1.41. The van der Waals surface area contributed by atoms with Crippen molar-refractivity contribution in [1.82, 2.24) is 19.1 Å². The van der Waals surface area contributed by atoms with Gasteiger partial charge >= 0.3 is 0 Å². The molecule has 0 fully saturated rings. The van der Waals surface area contributed by atoms with Crippen LogP contribution in [0.1, 0.15) is 25.1 Å². The number of methoxy groups -OCH3 is 2. The van der Waals surface area contributed by atoms with E-state index in [0.717, 1.165) is 16.9 Å².